The van der Waals surface area contributed by atoms with E-state index >= 15 is 0 Å². The SMILES string of the molecule is CC(CN)NC(=O)c1csnn1. The van der Waals surface area contributed by atoms with Gasteiger partial charge >= 0.3 is 0 Å². The van der Waals surface area contributed by atoms with Gasteiger partial charge in [0, 0.05) is 18.0 Å². The summed E-state index contributed by atoms with van der Waals surface area (Å²) in [6, 6.07) is -0.0285. The molecule has 0 radical (unpaired) electrons. The van der Waals surface area contributed by atoms with Gasteiger partial charge in [-0.05, 0) is 18.5 Å². The van der Waals surface area contributed by atoms with Crippen molar-refractivity contribution in [1.29, 1.82) is 0 Å². The maximum absolute atomic E-state index is 11.2. The molecule has 1 heterocycles. The van der Waals surface area contributed by atoms with Crippen LogP contribution >= 0.6 is 11.5 Å². The van der Waals surface area contributed by atoms with E-state index in [-0.39, 0.29) is 11.9 Å². The van der Waals surface area contributed by atoms with Crippen molar-refractivity contribution < 1.29 is 4.79 Å². The van der Waals surface area contributed by atoms with E-state index < -0.39 is 0 Å². The Bertz CT molecular complexity index is 248. The van der Waals surface area contributed by atoms with Gasteiger partial charge in [-0.15, -0.1) is 5.10 Å². The van der Waals surface area contributed by atoms with Gasteiger partial charge in [0.1, 0.15) is 0 Å². The Morgan fingerprint density at radius 2 is 2.67 bits per heavy atom. The topological polar surface area (TPSA) is 80.9 Å². The minimum Gasteiger partial charge on any atom is -0.347 e. The van der Waals surface area contributed by atoms with Gasteiger partial charge in [0.15, 0.2) is 5.69 Å². The Morgan fingerprint density at radius 3 is 3.17 bits per heavy atom. The summed E-state index contributed by atoms with van der Waals surface area (Å²) in [6.45, 7) is 2.25. The first kappa shape index (κ1) is 9.08. The van der Waals surface area contributed by atoms with Crippen LogP contribution in [0.5, 0.6) is 0 Å². The number of rotatable bonds is 3. The number of nitrogens with one attached hydrogen (secondary N) is 1. The van der Waals surface area contributed by atoms with Crippen LogP contribution in [-0.4, -0.2) is 28.1 Å². The summed E-state index contributed by atoms with van der Waals surface area (Å²) in [5.74, 6) is -0.221. The van der Waals surface area contributed by atoms with Crippen molar-refractivity contribution in [3.05, 3.63) is 11.1 Å². The number of nitrogens with zero attached hydrogens (tertiary/aromatic N) is 2. The molecular formula is C6H10N4OS. The predicted molar refractivity (Wildman–Crippen MR) is 45.9 cm³/mol. The Hall–Kier alpha value is -1.01. The fourth-order valence-electron chi connectivity index (χ4n) is 0.620. The van der Waals surface area contributed by atoms with Crippen LogP contribution in [0.25, 0.3) is 0 Å². The summed E-state index contributed by atoms with van der Waals surface area (Å²) in [7, 11) is 0. The van der Waals surface area contributed by atoms with Gasteiger partial charge in [0.25, 0.3) is 5.91 Å². The van der Waals surface area contributed by atoms with E-state index in [0.29, 0.717) is 12.2 Å². The molecule has 12 heavy (non-hydrogen) atoms. The van der Waals surface area contributed by atoms with Gasteiger partial charge in [0.05, 0.1) is 0 Å². The molecule has 1 atom stereocenters. The summed E-state index contributed by atoms with van der Waals surface area (Å²) < 4.78 is 3.58. The lowest BCUT2D eigenvalue weighted by Gasteiger charge is -2.08. The first-order valence-electron chi connectivity index (χ1n) is 3.52. The monoisotopic (exact) mass is 186 g/mol. The Morgan fingerprint density at radius 1 is 1.92 bits per heavy atom. The third kappa shape index (κ3) is 2.24. The van der Waals surface area contributed by atoms with E-state index in [2.05, 4.69) is 14.9 Å². The second-order valence-corrected chi connectivity index (χ2v) is 3.01. The lowest BCUT2D eigenvalue weighted by Crippen LogP contribution is -2.37. The zero-order valence-electron chi connectivity index (χ0n) is 6.65. The summed E-state index contributed by atoms with van der Waals surface area (Å²) in [5.41, 5.74) is 5.67. The average Bonchev–Trinajstić information content (AvgIpc) is 2.56. The van der Waals surface area contributed by atoms with Crippen LogP contribution in [0.1, 0.15) is 17.4 Å². The lowest BCUT2D eigenvalue weighted by atomic mass is 10.3. The van der Waals surface area contributed by atoms with Crippen molar-refractivity contribution in [3.63, 3.8) is 0 Å². The van der Waals surface area contributed by atoms with Crippen molar-refractivity contribution in [2.45, 2.75) is 13.0 Å². The van der Waals surface area contributed by atoms with E-state index in [1.165, 1.54) is 0 Å². The number of amides is 1. The molecule has 0 spiro atoms. The highest BCUT2D eigenvalue weighted by atomic mass is 32.1. The molecule has 5 nitrogen and oxygen atoms in total. The van der Waals surface area contributed by atoms with Crippen LogP contribution in [-0.2, 0) is 0 Å². The zero-order valence-corrected chi connectivity index (χ0v) is 7.47. The highest BCUT2D eigenvalue weighted by molar-refractivity contribution is 7.03. The maximum atomic E-state index is 11.2. The van der Waals surface area contributed by atoms with Crippen LogP contribution < -0.4 is 11.1 Å². The highest BCUT2D eigenvalue weighted by Crippen LogP contribution is 1.96. The van der Waals surface area contributed by atoms with Gasteiger partial charge in [-0.1, -0.05) is 4.49 Å². The minimum atomic E-state index is -0.221. The highest BCUT2D eigenvalue weighted by Gasteiger charge is 2.10. The molecule has 0 fully saturated rings. The van der Waals surface area contributed by atoms with E-state index in [0.717, 1.165) is 11.5 Å². The van der Waals surface area contributed by atoms with Crippen molar-refractivity contribution >= 4 is 17.4 Å². The smallest absolute Gasteiger partial charge is 0.272 e. The first-order valence-corrected chi connectivity index (χ1v) is 4.35. The lowest BCUT2D eigenvalue weighted by molar-refractivity contribution is 0.0936. The number of nitrogens with two attached hydrogens (primary N) is 1. The van der Waals surface area contributed by atoms with Crippen LogP contribution in [0, 0.1) is 0 Å². The van der Waals surface area contributed by atoms with E-state index in [4.69, 9.17) is 5.73 Å². The Labute approximate surface area is 74.1 Å². The van der Waals surface area contributed by atoms with Crippen molar-refractivity contribution in [1.82, 2.24) is 14.9 Å². The summed E-state index contributed by atoms with van der Waals surface area (Å²) in [5, 5.41) is 7.89. The number of aromatic nitrogens is 2. The van der Waals surface area contributed by atoms with Gasteiger partial charge < -0.3 is 11.1 Å². The standard InChI is InChI=1S/C6H10N4OS/c1-4(2-7)8-6(11)5-3-12-10-9-5/h3-4H,2,7H2,1H3,(H,8,11). The van der Waals surface area contributed by atoms with Gasteiger partial charge in [0.2, 0.25) is 0 Å². The predicted octanol–water partition coefficient (Wildman–Crippen LogP) is -0.385. The molecule has 1 aromatic heterocycles. The molecule has 3 N–H and O–H groups in total. The molecular weight excluding hydrogens is 176 g/mol. The molecule has 1 unspecified atom stereocenters. The zero-order chi connectivity index (χ0) is 8.97. The fraction of sp³-hybridized carbons (Fsp3) is 0.500. The molecule has 1 aromatic rings. The van der Waals surface area contributed by atoms with Crippen LogP contribution in [0.15, 0.2) is 5.38 Å². The molecule has 6 heteroatoms. The molecule has 0 aromatic carbocycles. The first-order chi connectivity index (χ1) is 5.74. The second kappa shape index (κ2) is 4.13. The quantitative estimate of drug-likeness (QED) is 0.674. The van der Waals surface area contributed by atoms with Crippen LogP contribution in [0.2, 0.25) is 0 Å². The molecule has 0 saturated carbocycles. The molecule has 0 saturated heterocycles. The molecule has 1 rings (SSSR count). The molecule has 0 aliphatic heterocycles. The second-order valence-electron chi connectivity index (χ2n) is 2.40. The largest absolute Gasteiger partial charge is 0.347 e. The van der Waals surface area contributed by atoms with Crippen molar-refractivity contribution in [3.8, 4) is 0 Å². The van der Waals surface area contributed by atoms with Crippen LogP contribution in [0.3, 0.4) is 0 Å². The normalized spacial score (nSPS) is 12.5. The van der Waals surface area contributed by atoms with Gasteiger partial charge in [-0.25, -0.2) is 0 Å². The average molecular weight is 186 g/mol. The Balaban J connectivity index is 2.50. The summed E-state index contributed by atoms with van der Waals surface area (Å²) in [6.07, 6.45) is 0. The third-order valence-electron chi connectivity index (χ3n) is 1.32. The fourth-order valence-corrected chi connectivity index (χ4v) is 1.06. The third-order valence-corrected chi connectivity index (χ3v) is 1.83. The van der Waals surface area contributed by atoms with Gasteiger partial charge in [-0.3, -0.25) is 4.79 Å². The number of hydrogen-bond donors (Lipinski definition) is 2. The number of hydrogen-bond acceptors (Lipinski definition) is 5. The van der Waals surface area contributed by atoms with Crippen LogP contribution in [0.4, 0.5) is 0 Å². The van der Waals surface area contributed by atoms with E-state index in [1.54, 1.807) is 5.38 Å². The molecule has 1 amide bonds. The summed E-state index contributed by atoms with van der Waals surface area (Å²) >= 11 is 1.15. The number of carbonyl (C=O) groups is 1. The minimum absolute atomic E-state index is 0.0285. The molecule has 66 valence electrons. The number of carbonyl (C=O) groups excluding carboxylic acids is 1. The molecule has 0 aliphatic rings. The van der Waals surface area contributed by atoms with E-state index in [1.807, 2.05) is 6.92 Å². The van der Waals surface area contributed by atoms with Crippen molar-refractivity contribution in [2.24, 2.45) is 5.73 Å². The molecule has 0 bridgehead atoms. The van der Waals surface area contributed by atoms with E-state index in [9.17, 15) is 4.79 Å². The summed E-state index contributed by atoms with van der Waals surface area (Å²) in [4.78, 5) is 11.2. The molecule has 0 aliphatic carbocycles. The van der Waals surface area contributed by atoms with Gasteiger partial charge in [-0.2, -0.15) is 0 Å². The van der Waals surface area contributed by atoms with Crippen molar-refractivity contribution in [2.75, 3.05) is 6.54 Å². The maximum Gasteiger partial charge on any atom is 0.272 e. The Kier molecular flexibility index (Phi) is 3.12.